The molecule has 67 heavy (non-hydrogen) atoms. The van der Waals surface area contributed by atoms with E-state index >= 15 is 0 Å². The smallest absolute Gasteiger partial charge is 0.154 e. The minimum Gasteiger partial charge on any atom is -0.456 e. The van der Waals surface area contributed by atoms with Gasteiger partial charge in [-0.2, -0.15) is 0 Å². The number of furan rings is 2. The lowest BCUT2D eigenvalue weighted by atomic mass is 9.72. The number of benzene rings is 9. The van der Waals surface area contributed by atoms with Gasteiger partial charge >= 0.3 is 0 Å². The molecular formula is C61H53N2O2SSi+. The lowest BCUT2D eigenvalue weighted by Crippen LogP contribution is -2.37. The number of nitrogens with zero attached hydrogens (tertiary/aromatic N) is 2. The SMILES string of the molecule is C[S+](C)c1ccc(N2c3cc4ccccc4cc3C(C)(C)c3c2ccc2c3oc3cc4c(cc32)oc2c3c(ccc24)N(c2ccc([Si](C)(C)C)cc2)c2cc4ccccc4cc2C3(C)C)cc1. The van der Waals surface area contributed by atoms with Crippen molar-refractivity contribution < 1.29 is 8.83 Å². The molecule has 0 N–H and O–H groups in total. The van der Waals surface area contributed by atoms with Crippen molar-refractivity contribution in [2.45, 2.75) is 63.1 Å². The van der Waals surface area contributed by atoms with Gasteiger partial charge in [0.05, 0.1) is 30.8 Å². The molecule has 0 bridgehead atoms. The average Bonchev–Trinajstić information content (AvgIpc) is 3.86. The summed E-state index contributed by atoms with van der Waals surface area (Å²) in [5, 5.41) is 10.7. The molecule has 0 saturated heterocycles. The highest BCUT2D eigenvalue weighted by Crippen LogP contribution is 2.58. The lowest BCUT2D eigenvalue weighted by molar-refractivity contribution is 0.601. The molecule has 9 aromatic carbocycles. The van der Waals surface area contributed by atoms with E-state index in [-0.39, 0.29) is 21.7 Å². The van der Waals surface area contributed by atoms with E-state index in [1.807, 2.05) is 0 Å². The molecule has 13 rings (SSSR count). The highest BCUT2D eigenvalue weighted by atomic mass is 32.2. The average molecular weight is 906 g/mol. The van der Waals surface area contributed by atoms with E-state index in [0.29, 0.717) is 0 Å². The number of rotatable bonds is 4. The zero-order valence-corrected chi connectivity index (χ0v) is 41.4. The zero-order valence-electron chi connectivity index (χ0n) is 39.6. The fourth-order valence-electron chi connectivity index (χ4n) is 11.6. The molecule has 0 aliphatic carbocycles. The van der Waals surface area contributed by atoms with Gasteiger partial charge in [0.25, 0.3) is 0 Å². The summed E-state index contributed by atoms with van der Waals surface area (Å²) in [7, 11) is -1.33. The Kier molecular flexibility index (Phi) is 8.42. The summed E-state index contributed by atoms with van der Waals surface area (Å²) in [4.78, 5) is 6.28. The number of anilines is 6. The fraction of sp³-hybridized carbons (Fsp3) is 0.180. The highest BCUT2D eigenvalue weighted by molar-refractivity contribution is 7.95. The number of hydrogen-bond donors (Lipinski definition) is 0. The van der Waals surface area contributed by atoms with Gasteiger partial charge < -0.3 is 18.6 Å². The topological polar surface area (TPSA) is 32.8 Å². The van der Waals surface area contributed by atoms with Crippen LogP contribution in [0.5, 0.6) is 0 Å². The molecule has 0 fully saturated rings. The Bertz CT molecular complexity index is 3890. The van der Waals surface area contributed by atoms with Crippen molar-refractivity contribution in [3.8, 4) is 0 Å². The molecule has 4 heterocycles. The van der Waals surface area contributed by atoms with E-state index in [2.05, 4.69) is 227 Å². The van der Waals surface area contributed by atoms with Gasteiger partial charge in [0.1, 0.15) is 34.8 Å². The van der Waals surface area contributed by atoms with E-state index in [9.17, 15) is 0 Å². The van der Waals surface area contributed by atoms with Crippen LogP contribution >= 0.6 is 0 Å². The van der Waals surface area contributed by atoms with Crippen LogP contribution < -0.4 is 15.0 Å². The Morgan fingerprint density at radius 2 is 0.836 bits per heavy atom. The van der Waals surface area contributed by atoms with Crippen LogP contribution in [0, 0.1) is 0 Å². The molecule has 0 radical (unpaired) electrons. The first-order valence-electron chi connectivity index (χ1n) is 23.5. The second kappa shape index (κ2) is 13.9. The Hall–Kier alpha value is -6.73. The largest absolute Gasteiger partial charge is 0.456 e. The van der Waals surface area contributed by atoms with Crippen LogP contribution in [0.1, 0.15) is 49.9 Å². The molecular weight excluding hydrogens is 853 g/mol. The van der Waals surface area contributed by atoms with Crippen LogP contribution in [-0.2, 0) is 21.7 Å². The van der Waals surface area contributed by atoms with Crippen molar-refractivity contribution in [3.05, 3.63) is 180 Å². The van der Waals surface area contributed by atoms with Crippen molar-refractivity contribution in [2.75, 3.05) is 22.3 Å². The van der Waals surface area contributed by atoms with Gasteiger partial charge in [-0.15, -0.1) is 0 Å². The summed E-state index contributed by atoms with van der Waals surface area (Å²) in [5.74, 6) is 0. The molecule has 2 aliphatic rings. The van der Waals surface area contributed by atoms with E-state index in [1.54, 1.807) is 0 Å². The van der Waals surface area contributed by atoms with Crippen molar-refractivity contribution >= 4 is 124 Å². The Morgan fingerprint density at radius 3 is 1.24 bits per heavy atom. The summed E-state index contributed by atoms with van der Waals surface area (Å²) >= 11 is 0. The van der Waals surface area contributed by atoms with Crippen LogP contribution in [-0.4, -0.2) is 20.6 Å². The van der Waals surface area contributed by atoms with Crippen LogP contribution in [0.4, 0.5) is 34.1 Å². The van der Waals surface area contributed by atoms with Gasteiger partial charge in [-0.1, -0.05) is 113 Å². The summed E-state index contributed by atoms with van der Waals surface area (Å²) < 4.78 is 14.5. The first-order valence-corrected chi connectivity index (χ1v) is 29.1. The second-order valence-electron chi connectivity index (χ2n) is 21.2. The molecule has 11 aromatic rings. The number of hydrogen-bond acceptors (Lipinski definition) is 4. The third kappa shape index (κ3) is 5.79. The van der Waals surface area contributed by atoms with Crippen molar-refractivity contribution in [3.63, 3.8) is 0 Å². The predicted octanol–water partition coefficient (Wildman–Crippen LogP) is 16.8. The lowest BCUT2D eigenvalue weighted by Gasteiger charge is -2.42. The van der Waals surface area contributed by atoms with Crippen LogP contribution in [0.3, 0.4) is 0 Å². The maximum Gasteiger partial charge on any atom is 0.154 e. The summed E-state index contributed by atoms with van der Waals surface area (Å²) in [5.41, 5.74) is 14.8. The normalized spacial score (nSPS) is 15.3. The third-order valence-corrected chi connectivity index (χ3v) is 18.5. The standard InChI is InChI=1S/C61H53N2O2SSi/c1-60(2)48-30-36-14-10-12-16-38(36)32-52(48)62(40-18-22-42(23-19-40)66(5)6)50-28-26-44-46-34-55-47(35-54(46)64-58(44)56(50)60)45-27-29-51-57(59(45)65-55)61(3,4)49-31-37-15-11-13-17-39(37)33-53(49)63(51)41-20-24-43(25-21-41)67(7,8)9/h10-35H,1-9H3/q+1. The van der Waals surface area contributed by atoms with Gasteiger partial charge in [0.15, 0.2) is 4.90 Å². The third-order valence-electron chi connectivity index (χ3n) is 15.2. The Morgan fingerprint density at radius 1 is 0.433 bits per heavy atom. The van der Waals surface area contributed by atoms with Gasteiger partial charge in [-0.05, 0) is 130 Å². The predicted molar refractivity (Wildman–Crippen MR) is 290 cm³/mol. The van der Waals surface area contributed by atoms with Crippen LogP contribution in [0.2, 0.25) is 19.6 Å². The summed E-state index contributed by atoms with van der Waals surface area (Å²) in [6.45, 7) is 16.7. The van der Waals surface area contributed by atoms with Crippen molar-refractivity contribution in [1.29, 1.82) is 0 Å². The minimum atomic E-state index is -1.50. The van der Waals surface area contributed by atoms with Gasteiger partial charge in [-0.3, -0.25) is 0 Å². The molecule has 6 heteroatoms. The van der Waals surface area contributed by atoms with Crippen molar-refractivity contribution in [1.82, 2.24) is 0 Å². The first-order chi connectivity index (χ1) is 32.2. The quantitative estimate of drug-likeness (QED) is 0.130. The molecule has 2 aliphatic heterocycles. The first kappa shape index (κ1) is 40.5. The molecule has 328 valence electrons. The number of fused-ring (bicyclic) bond motifs is 14. The Balaban J connectivity index is 1.02. The monoisotopic (exact) mass is 905 g/mol. The molecule has 0 unspecified atom stereocenters. The molecule has 4 nitrogen and oxygen atoms in total. The summed E-state index contributed by atoms with van der Waals surface area (Å²) in [6.07, 6.45) is 4.56. The molecule has 0 amide bonds. The van der Waals surface area contributed by atoms with E-state index in [4.69, 9.17) is 8.83 Å². The van der Waals surface area contributed by atoms with Crippen LogP contribution in [0.15, 0.2) is 171 Å². The van der Waals surface area contributed by atoms with Gasteiger partial charge in [0.2, 0.25) is 0 Å². The van der Waals surface area contributed by atoms with Crippen molar-refractivity contribution in [2.24, 2.45) is 0 Å². The van der Waals surface area contributed by atoms with Crippen LogP contribution in [0.25, 0.3) is 65.4 Å². The highest BCUT2D eigenvalue weighted by Gasteiger charge is 2.42. The maximum absolute atomic E-state index is 7.24. The molecule has 0 spiro atoms. The van der Waals surface area contributed by atoms with Gasteiger partial charge in [0, 0.05) is 65.8 Å². The fourth-order valence-corrected chi connectivity index (χ4v) is 13.5. The molecule has 0 atom stereocenters. The summed E-state index contributed by atoms with van der Waals surface area (Å²) in [6, 6.07) is 59.2. The van der Waals surface area contributed by atoms with E-state index < -0.39 is 8.07 Å². The molecule has 2 aromatic heterocycles. The minimum absolute atomic E-state index is 0.168. The Labute approximate surface area is 395 Å². The van der Waals surface area contributed by atoms with E-state index in [1.165, 1.54) is 65.3 Å². The van der Waals surface area contributed by atoms with E-state index in [0.717, 1.165) is 66.6 Å². The second-order valence-corrected chi connectivity index (χ2v) is 28.4. The van der Waals surface area contributed by atoms with Gasteiger partial charge in [-0.25, -0.2) is 0 Å². The molecule has 0 saturated carbocycles. The maximum atomic E-state index is 7.24. The zero-order chi connectivity index (χ0) is 45.9.